The van der Waals surface area contributed by atoms with Gasteiger partial charge in [-0.1, -0.05) is 317 Å². The first-order valence-electron chi connectivity index (χ1n) is 31.8. The van der Waals surface area contributed by atoms with Gasteiger partial charge in [-0.2, -0.15) is 0 Å². The molecule has 71 heavy (non-hydrogen) atoms. The van der Waals surface area contributed by atoms with E-state index in [0.717, 1.165) is 38.5 Å². The fourth-order valence-corrected chi connectivity index (χ4v) is 9.80. The van der Waals surface area contributed by atoms with Crippen LogP contribution in [0.3, 0.4) is 0 Å². The molecule has 0 aromatic carbocycles. The van der Waals surface area contributed by atoms with Gasteiger partial charge in [0.25, 0.3) is 0 Å². The third-order valence-corrected chi connectivity index (χ3v) is 14.9. The first-order chi connectivity index (χ1) is 34.9. The Morgan fingerprint density at radius 3 is 0.690 bits per heavy atom. The molecule has 0 rings (SSSR count). The molecule has 0 unspecified atom stereocenters. The lowest BCUT2D eigenvalue weighted by molar-refractivity contribution is 0.0548. The van der Waals surface area contributed by atoms with Crippen molar-refractivity contribution in [1.82, 2.24) is 21.3 Å². The predicted octanol–water partition coefficient (Wildman–Crippen LogP) is 19.7. The Hall–Kier alpha value is -2.19. The Labute approximate surface area is 442 Å². The van der Waals surface area contributed by atoms with E-state index in [4.69, 9.17) is 9.47 Å². The molecule has 0 heterocycles. The zero-order chi connectivity index (χ0) is 51.7. The van der Waals surface area contributed by atoms with Crippen LogP contribution in [0, 0.1) is 0 Å². The van der Waals surface area contributed by atoms with Gasteiger partial charge in [-0.3, -0.25) is 0 Å². The minimum absolute atomic E-state index is 0.0901. The Kier molecular flexibility index (Phi) is 55.3. The molecule has 0 aliphatic heterocycles. The number of rotatable bonds is 57. The van der Waals surface area contributed by atoms with Crippen LogP contribution in [0.15, 0.2) is 0 Å². The topological polar surface area (TPSA) is 118 Å². The molecule has 0 aliphatic rings. The molecule has 4 N–H and O–H groups in total. The molecule has 0 aromatic heterocycles. The summed E-state index contributed by atoms with van der Waals surface area (Å²) in [5.74, 6) is 0. The van der Waals surface area contributed by atoms with Gasteiger partial charge in [0.2, 0.25) is 0 Å². The van der Waals surface area contributed by atoms with Crippen molar-refractivity contribution in [3.8, 4) is 0 Å². The number of hydrogen-bond acceptors (Lipinski definition) is 5. The van der Waals surface area contributed by atoms with Crippen LogP contribution in [0.4, 0.5) is 14.4 Å². The maximum absolute atomic E-state index is 13.2. The highest BCUT2D eigenvalue weighted by molar-refractivity contribution is 5.75. The van der Waals surface area contributed by atoms with Gasteiger partial charge < -0.3 is 30.7 Å². The zero-order valence-corrected chi connectivity index (χ0v) is 48.2. The van der Waals surface area contributed by atoms with Gasteiger partial charge in [0.1, 0.15) is 18.8 Å². The van der Waals surface area contributed by atoms with E-state index in [1.54, 1.807) is 0 Å². The van der Waals surface area contributed by atoms with Gasteiger partial charge in [0, 0.05) is 19.6 Å². The van der Waals surface area contributed by atoms with Crippen molar-refractivity contribution in [2.45, 2.75) is 348 Å². The number of unbranched alkanes of at least 4 members (excludes halogenated alkanes) is 45. The zero-order valence-electron chi connectivity index (χ0n) is 48.2. The van der Waals surface area contributed by atoms with E-state index in [1.807, 2.05) is 6.92 Å². The lowest BCUT2D eigenvalue weighted by atomic mass is 9.98. The van der Waals surface area contributed by atoms with E-state index in [1.165, 1.54) is 270 Å². The molecule has 0 atom stereocenters. The first kappa shape index (κ1) is 68.8. The lowest BCUT2D eigenvalue weighted by Gasteiger charge is -2.32. The molecule has 0 fully saturated rings. The second kappa shape index (κ2) is 57.1. The smallest absolute Gasteiger partial charge is 0.407 e. The maximum atomic E-state index is 13.2. The summed E-state index contributed by atoms with van der Waals surface area (Å²) in [6.45, 7) is 10.3. The standard InChI is InChI=1S/C62H124N4O5/c1-5-9-12-15-18-21-24-27-30-33-36-39-42-45-48-51-54-63-59(67)66-62(8-4,57-70-60(68)64-55-52-49-46-43-40-37-34-31-28-25-22-19-16-13-10-6-2)58-71-61(69)65-56-53-50-47-44-41-38-35-32-29-26-23-20-17-14-11-7-3/h5-58H2,1-4H3,(H,64,68)(H,65,69)(H2,63,66,67). The summed E-state index contributed by atoms with van der Waals surface area (Å²) >= 11 is 0. The Morgan fingerprint density at radius 2 is 0.479 bits per heavy atom. The van der Waals surface area contributed by atoms with Crippen molar-refractivity contribution < 1.29 is 23.9 Å². The fourth-order valence-electron chi connectivity index (χ4n) is 9.80. The third-order valence-electron chi connectivity index (χ3n) is 14.9. The summed E-state index contributed by atoms with van der Waals surface area (Å²) in [6.07, 6.45) is 62.2. The van der Waals surface area contributed by atoms with E-state index in [-0.39, 0.29) is 19.2 Å². The summed E-state index contributed by atoms with van der Waals surface area (Å²) in [5.41, 5.74) is -1.05. The van der Waals surface area contributed by atoms with E-state index in [9.17, 15) is 14.4 Å². The summed E-state index contributed by atoms with van der Waals surface area (Å²) in [5, 5.41) is 11.8. The van der Waals surface area contributed by atoms with Crippen molar-refractivity contribution in [2.75, 3.05) is 32.8 Å². The molecular formula is C62H124N4O5. The maximum Gasteiger partial charge on any atom is 0.407 e. The largest absolute Gasteiger partial charge is 0.447 e. The number of hydrogen-bond donors (Lipinski definition) is 4. The molecule has 422 valence electrons. The number of alkyl carbamates (subject to hydrolysis) is 2. The number of urea groups is 1. The lowest BCUT2D eigenvalue weighted by Crippen LogP contribution is -2.58. The van der Waals surface area contributed by atoms with E-state index >= 15 is 0 Å². The van der Waals surface area contributed by atoms with Gasteiger partial charge in [-0.15, -0.1) is 0 Å². The number of amides is 4. The number of ether oxygens (including phenoxy) is 2. The van der Waals surface area contributed by atoms with Crippen molar-refractivity contribution in [1.29, 1.82) is 0 Å². The highest BCUT2D eigenvalue weighted by atomic mass is 16.6. The van der Waals surface area contributed by atoms with Crippen LogP contribution in [0.2, 0.25) is 0 Å². The molecule has 9 nitrogen and oxygen atoms in total. The molecule has 0 aromatic rings. The van der Waals surface area contributed by atoms with Crippen LogP contribution in [0.1, 0.15) is 342 Å². The van der Waals surface area contributed by atoms with Crippen molar-refractivity contribution in [2.24, 2.45) is 0 Å². The minimum Gasteiger partial charge on any atom is -0.447 e. The first-order valence-corrected chi connectivity index (χ1v) is 31.8. The van der Waals surface area contributed by atoms with Crippen molar-refractivity contribution in [3.63, 3.8) is 0 Å². The molecule has 9 heteroatoms. The summed E-state index contributed by atoms with van der Waals surface area (Å²) in [6, 6.07) is -0.331. The van der Waals surface area contributed by atoms with Gasteiger partial charge in [0.05, 0.1) is 0 Å². The average molecular weight is 1010 g/mol. The number of carbonyl (C=O) groups is 3. The van der Waals surface area contributed by atoms with E-state index in [0.29, 0.717) is 26.1 Å². The highest BCUT2D eigenvalue weighted by Crippen LogP contribution is 2.18. The minimum atomic E-state index is -1.05. The van der Waals surface area contributed by atoms with Crippen molar-refractivity contribution in [3.05, 3.63) is 0 Å². The van der Waals surface area contributed by atoms with Gasteiger partial charge >= 0.3 is 18.2 Å². The Bertz CT molecular complexity index is 1050. The van der Waals surface area contributed by atoms with Crippen LogP contribution in [0.25, 0.3) is 0 Å². The van der Waals surface area contributed by atoms with Crippen LogP contribution in [-0.4, -0.2) is 56.6 Å². The van der Waals surface area contributed by atoms with Gasteiger partial charge in [-0.25, -0.2) is 14.4 Å². The SMILES string of the molecule is CCCCCCCCCCCCCCCCCCNC(=O)NC(CC)(COC(=O)NCCCCCCCCCCCCCCCCCC)COC(=O)NCCCCCCCCCCCCCCCCCC. The predicted molar refractivity (Wildman–Crippen MR) is 307 cm³/mol. The molecular weight excluding hydrogens is 881 g/mol. The van der Waals surface area contributed by atoms with Crippen LogP contribution >= 0.6 is 0 Å². The number of carbonyl (C=O) groups excluding carboxylic acids is 3. The molecule has 0 saturated carbocycles. The molecule has 0 bridgehead atoms. The summed E-state index contributed by atoms with van der Waals surface area (Å²) in [4.78, 5) is 38.9. The molecule has 0 aliphatic carbocycles. The van der Waals surface area contributed by atoms with E-state index in [2.05, 4.69) is 42.0 Å². The quantitative estimate of drug-likeness (QED) is 0.0453. The normalized spacial score (nSPS) is 11.5. The average Bonchev–Trinajstić information content (AvgIpc) is 3.37. The molecule has 0 saturated heterocycles. The second-order valence-corrected chi connectivity index (χ2v) is 21.9. The van der Waals surface area contributed by atoms with Crippen LogP contribution in [0.5, 0.6) is 0 Å². The van der Waals surface area contributed by atoms with Crippen molar-refractivity contribution >= 4 is 18.2 Å². The van der Waals surface area contributed by atoms with Gasteiger partial charge in [0.15, 0.2) is 0 Å². The van der Waals surface area contributed by atoms with Gasteiger partial charge in [-0.05, 0) is 25.7 Å². The monoisotopic (exact) mass is 1000 g/mol. The van der Waals surface area contributed by atoms with E-state index < -0.39 is 17.7 Å². The fraction of sp³-hybridized carbons (Fsp3) is 0.952. The van der Waals surface area contributed by atoms with Crippen LogP contribution in [-0.2, 0) is 9.47 Å². The molecule has 0 radical (unpaired) electrons. The Morgan fingerprint density at radius 1 is 0.282 bits per heavy atom. The van der Waals surface area contributed by atoms with Crippen LogP contribution < -0.4 is 21.3 Å². The Balaban J connectivity index is 4.50. The third kappa shape index (κ3) is 52.5. The molecule has 0 spiro atoms. The summed E-state index contributed by atoms with van der Waals surface area (Å²) in [7, 11) is 0. The molecule has 4 amide bonds. The summed E-state index contributed by atoms with van der Waals surface area (Å²) < 4.78 is 11.4. The second-order valence-electron chi connectivity index (χ2n) is 21.9. The highest BCUT2D eigenvalue weighted by Gasteiger charge is 2.34. The number of nitrogens with one attached hydrogen (secondary N) is 4.